The lowest BCUT2D eigenvalue weighted by atomic mass is 10.0. The second kappa shape index (κ2) is 10.8. The largest absolute Gasteiger partial charge is 0.323 e. The van der Waals surface area contributed by atoms with Gasteiger partial charge in [0.1, 0.15) is 11.9 Å². The summed E-state index contributed by atoms with van der Waals surface area (Å²) in [5.74, 6) is -0.272. The van der Waals surface area contributed by atoms with Gasteiger partial charge in [-0.1, -0.05) is 35.9 Å². The molecular weight excluding hydrogens is 502 g/mol. The number of halogens is 1. The van der Waals surface area contributed by atoms with E-state index in [0.29, 0.717) is 34.1 Å². The molecule has 3 heterocycles. The van der Waals surface area contributed by atoms with Gasteiger partial charge in [-0.05, 0) is 59.7 Å². The van der Waals surface area contributed by atoms with E-state index in [9.17, 15) is 14.4 Å². The number of benzene rings is 2. The quantitative estimate of drug-likeness (QED) is 0.396. The first-order chi connectivity index (χ1) is 18.4. The van der Waals surface area contributed by atoms with Crippen LogP contribution in [0, 0.1) is 0 Å². The van der Waals surface area contributed by atoms with Crippen LogP contribution in [-0.4, -0.2) is 45.7 Å². The van der Waals surface area contributed by atoms with Gasteiger partial charge in [0.05, 0.1) is 11.3 Å². The molecule has 0 bridgehead atoms. The van der Waals surface area contributed by atoms with Crippen LogP contribution in [0.4, 0.5) is 11.5 Å². The first kappa shape index (κ1) is 25.1. The van der Waals surface area contributed by atoms with Crippen molar-refractivity contribution < 1.29 is 14.4 Å². The zero-order chi connectivity index (χ0) is 26.6. The van der Waals surface area contributed by atoms with Gasteiger partial charge in [-0.15, -0.1) is 0 Å². The highest BCUT2D eigenvalue weighted by atomic mass is 35.5. The first-order valence-corrected chi connectivity index (χ1v) is 12.4. The van der Waals surface area contributed by atoms with Gasteiger partial charge in [0.2, 0.25) is 5.91 Å². The maximum absolute atomic E-state index is 13.7. The molecule has 3 amide bonds. The summed E-state index contributed by atoms with van der Waals surface area (Å²) in [6.07, 6.45) is 5.26. The molecule has 8 nitrogen and oxygen atoms in total. The Hall–Kier alpha value is -4.56. The number of anilines is 2. The standard InChI is InChI=1S/C29H24ClN5O3/c1-34(26-6-2-3-14-32-26)28(37)21-9-7-19(8-10-21)18-35-25(15-20-5-4-13-31-17-20)27(36)33-24-16-22(30)11-12-23(24)29(35)38/h2-14,16-17,25H,15,18H2,1H3,(H,33,36)/t25-/m1/s1. The Morgan fingerprint density at radius 3 is 2.53 bits per heavy atom. The van der Waals surface area contributed by atoms with Crippen LogP contribution in [0.15, 0.2) is 91.4 Å². The van der Waals surface area contributed by atoms with Crippen LogP contribution in [0.2, 0.25) is 5.02 Å². The second-order valence-corrected chi connectivity index (χ2v) is 9.38. The van der Waals surface area contributed by atoms with Crippen molar-refractivity contribution in [2.45, 2.75) is 19.0 Å². The van der Waals surface area contributed by atoms with Gasteiger partial charge >= 0.3 is 0 Å². The first-order valence-electron chi connectivity index (χ1n) is 12.0. The van der Waals surface area contributed by atoms with Crippen molar-refractivity contribution in [1.82, 2.24) is 14.9 Å². The van der Waals surface area contributed by atoms with Gasteiger partial charge in [-0.2, -0.15) is 0 Å². The van der Waals surface area contributed by atoms with Crippen LogP contribution in [-0.2, 0) is 17.8 Å². The normalized spacial score (nSPS) is 14.9. The van der Waals surface area contributed by atoms with E-state index in [0.717, 1.165) is 11.1 Å². The molecule has 2 aromatic heterocycles. The lowest BCUT2D eigenvalue weighted by Crippen LogP contribution is -2.46. The molecule has 4 aromatic rings. The van der Waals surface area contributed by atoms with E-state index in [1.165, 1.54) is 4.90 Å². The molecule has 9 heteroatoms. The SMILES string of the molecule is CN(C(=O)c1ccc(CN2C(=O)c3ccc(Cl)cc3NC(=O)[C@H]2Cc2cccnc2)cc1)c1ccccn1. The van der Waals surface area contributed by atoms with Crippen molar-refractivity contribution in [3.63, 3.8) is 0 Å². The third-order valence-corrected chi connectivity index (χ3v) is 6.65. The summed E-state index contributed by atoms with van der Waals surface area (Å²) in [4.78, 5) is 51.5. The van der Waals surface area contributed by atoms with E-state index in [2.05, 4.69) is 15.3 Å². The van der Waals surface area contributed by atoms with Crippen molar-refractivity contribution >= 4 is 40.8 Å². The minimum absolute atomic E-state index is 0.170. The van der Waals surface area contributed by atoms with Crippen molar-refractivity contribution in [2.75, 3.05) is 17.3 Å². The fourth-order valence-electron chi connectivity index (χ4n) is 4.39. The van der Waals surface area contributed by atoms with Crippen LogP contribution >= 0.6 is 11.6 Å². The molecule has 1 aliphatic rings. The summed E-state index contributed by atoms with van der Waals surface area (Å²) in [6.45, 7) is 0.170. The average molecular weight is 526 g/mol. The van der Waals surface area contributed by atoms with E-state index in [1.807, 2.05) is 12.1 Å². The number of pyridine rings is 2. The van der Waals surface area contributed by atoms with E-state index >= 15 is 0 Å². The maximum atomic E-state index is 13.7. The van der Waals surface area contributed by atoms with Gasteiger partial charge in [0.25, 0.3) is 11.8 Å². The molecule has 1 N–H and O–H groups in total. The number of nitrogens with zero attached hydrogens (tertiary/aromatic N) is 4. The molecule has 1 atom stereocenters. The van der Waals surface area contributed by atoms with Crippen molar-refractivity contribution in [2.24, 2.45) is 0 Å². The number of hydrogen-bond acceptors (Lipinski definition) is 5. The van der Waals surface area contributed by atoms with Crippen LogP contribution < -0.4 is 10.2 Å². The molecule has 0 aliphatic carbocycles. The number of nitrogens with one attached hydrogen (secondary N) is 1. The monoisotopic (exact) mass is 525 g/mol. The third-order valence-electron chi connectivity index (χ3n) is 6.41. The Balaban J connectivity index is 1.43. The number of aromatic nitrogens is 2. The Bertz CT molecular complexity index is 1480. The molecule has 1 aliphatic heterocycles. The van der Waals surface area contributed by atoms with Gasteiger partial charge in [-0.3, -0.25) is 24.3 Å². The summed E-state index contributed by atoms with van der Waals surface area (Å²) in [5.41, 5.74) is 2.82. The molecule has 0 saturated carbocycles. The third kappa shape index (κ3) is 5.26. The number of hydrogen-bond donors (Lipinski definition) is 1. The highest BCUT2D eigenvalue weighted by molar-refractivity contribution is 6.31. The van der Waals surface area contributed by atoms with E-state index in [1.54, 1.807) is 91.2 Å². The summed E-state index contributed by atoms with van der Waals surface area (Å²) in [7, 11) is 1.67. The summed E-state index contributed by atoms with van der Waals surface area (Å²) in [5, 5.41) is 3.29. The highest BCUT2D eigenvalue weighted by Crippen LogP contribution is 2.29. The van der Waals surface area contributed by atoms with Crippen LogP contribution in [0.25, 0.3) is 0 Å². The van der Waals surface area contributed by atoms with E-state index in [4.69, 9.17) is 11.6 Å². The summed E-state index contributed by atoms with van der Waals surface area (Å²) >= 11 is 6.14. The van der Waals surface area contributed by atoms with Crippen LogP contribution in [0.3, 0.4) is 0 Å². The van der Waals surface area contributed by atoms with Gasteiger partial charge in [-0.25, -0.2) is 4.98 Å². The number of carbonyl (C=O) groups is 3. The summed E-state index contributed by atoms with van der Waals surface area (Å²) < 4.78 is 0. The minimum Gasteiger partial charge on any atom is -0.323 e. The molecule has 5 rings (SSSR count). The van der Waals surface area contributed by atoms with Crippen molar-refractivity contribution in [1.29, 1.82) is 0 Å². The fourth-order valence-corrected chi connectivity index (χ4v) is 4.56. The van der Waals surface area contributed by atoms with Gasteiger partial charge < -0.3 is 10.2 Å². The molecule has 0 fully saturated rings. The number of fused-ring (bicyclic) bond motifs is 1. The topological polar surface area (TPSA) is 95.5 Å². The van der Waals surface area contributed by atoms with Crippen LogP contribution in [0.1, 0.15) is 31.8 Å². The number of carbonyl (C=O) groups excluding carboxylic acids is 3. The Morgan fingerprint density at radius 2 is 1.82 bits per heavy atom. The Kier molecular flexibility index (Phi) is 7.15. The predicted octanol–water partition coefficient (Wildman–Crippen LogP) is 4.61. The van der Waals surface area contributed by atoms with E-state index < -0.39 is 6.04 Å². The second-order valence-electron chi connectivity index (χ2n) is 8.94. The Morgan fingerprint density at radius 1 is 1.00 bits per heavy atom. The highest BCUT2D eigenvalue weighted by Gasteiger charge is 2.35. The molecule has 2 aromatic carbocycles. The molecule has 0 unspecified atom stereocenters. The number of rotatable bonds is 6. The fraction of sp³-hybridized carbons (Fsp3) is 0.138. The Labute approximate surface area is 224 Å². The zero-order valence-electron chi connectivity index (χ0n) is 20.5. The minimum atomic E-state index is -0.783. The zero-order valence-corrected chi connectivity index (χ0v) is 21.3. The van der Waals surface area contributed by atoms with Gasteiger partial charge in [0, 0.05) is 49.2 Å². The molecule has 0 saturated heterocycles. The molecule has 38 heavy (non-hydrogen) atoms. The van der Waals surface area contributed by atoms with Crippen LogP contribution in [0.5, 0.6) is 0 Å². The maximum Gasteiger partial charge on any atom is 0.259 e. The van der Waals surface area contributed by atoms with Crippen molar-refractivity contribution in [3.05, 3.63) is 119 Å². The van der Waals surface area contributed by atoms with Gasteiger partial charge in [0.15, 0.2) is 0 Å². The lowest BCUT2D eigenvalue weighted by Gasteiger charge is -2.29. The smallest absolute Gasteiger partial charge is 0.259 e. The predicted molar refractivity (Wildman–Crippen MR) is 145 cm³/mol. The molecule has 0 radical (unpaired) electrons. The van der Waals surface area contributed by atoms with Crippen molar-refractivity contribution in [3.8, 4) is 0 Å². The molecular formula is C29H24ClN5O3. The summed E-state index contributed by atoms with van der Waals surface area (Å²) in [6, 6.07) is 20.1. The molecule has 190 valence electrons. The average Bonchev–Trinajstić information content (AvgIpc) is 3.03. The lowest BCUT2D eigenvalue weighted by molar-refractivity contribution is -0.120. The van der Waals surface area contributed by atoms with E-state index in [-0.39, 0.29) is 24.3 Å². The number of amides is 3. The molecule has 0 spiro atoms.